The molecule has 5 nitrogen and oxygen atoms in total. The molecule has 0 radical (unpaired) electrons. The van der Waals surface area contributed by atoms with Crippen molar-refractivity contribution in [2.75, 3.05) is 7.11 Å². The van der Waals surface area contributed by atoms with Crippen LogP contribution in [0, 0.1) is 6.92 Å². The first-order chi connectivity index (χ1) is 14.2. The van der Waals surface area contributed by atoms with Crippen LogP contribution in [-0.2, 0) is 6.61 Å². The van der Waals surface area contributed by atoms with Gasteiger partial charge in [-0.1, -0.05) is 42.5 Å². The molecule has 146 valence electrons. The number of aromatic hydroxyl groups is 1. The van der Waals surface area contributed by atoms with Gasteiger partial charge in [-0.25, -0.2) is 0 Å². The minimum absolute atomic E-state index is 0.118. The molecule has 5 heteroatoms. The van der Waals surface area contributed by atoms with Crippen molar-refractivity contribution in [3.63, 3.8) is 0 Å². The molecule has 4 rings (SSSR count). The Balaban J connectivity index is 1.61. The van der Waals surface area contributed by atoms with E-state index in [4.69, 9.17) is 9.47 Å². The largest absolute Gasteiger partial charge is 0.507 e. The van der Waals surface area contributed by atoms with Crippen molar-refractivity contribution in [1.82, 2.24) is 10.2 Å². The van der Waals surface area contributed by atoms with E-state index < -0.39 is 0 Å². The molecule has 1 heterocycles. The first-order valence-electron chi connectivity index (χ1n) is 9.35. The Morgan fingerprint density at radius 3 is 2.52 bits per heavy atom. The molecule has 0 aliphatic carbocycles. The van der Waals surface area contributed by atoms with Crippen LogP contribution in [0.5, 0.6) is 17.2 Å². The summed E-state index contributed by atoms with van der Waals surface area (Å²) in [5.74, 6) is 1.47. The molecule has 0 aliphatic heterocycles. The number of ether oxygens (including phenoxy) is 2. The average molecular weight is 386 g/mol. The van der Waals surface area contributed by atoms with E-state index in [1.165, 1.54) is 5.56 Å². The highest BCUT2D eigenvalue weighted by atomic mass is 16.5. The van der Waals surface area contributed by atoms with E-state index in [0.717, 1.165) is 28.1 Å². The molecule has 4 aromatic rings. The Morgan fingerprint density at radius 2 is 1.72 bits per heavy atom. The molecule has 2 N–H and O–H groups in total. The van der Waals surface area contributed by atoms with Gasteiger partial charge in [0.05, 0.1) is 19.0 Å². The van der Waals surface area contributed by atoms with Crippen LogP contribution < -0.4 is 9.47 Å². The molecule has 3 aromatic carbocycles. The minimum Gasteiger partial charge on any atom is -0.507 e. The van der Waals surface area contributed by atoms with Crippen LogP contribution >= 0.6 is 0 Å². The Labute approximate surface area is 169 Å². The van der Waals surface area contributed by atoms with Gasteiger partial charge in [0, 0.05) is 22.8 Å². The van der Waals surface area contributed by atoms with Crippen LogP contribution in [0.25, 0.3) is 22.4 Å². The van der Waals surface area contributed by atoms with Crippen LogP contribution in [-0.4, -0.2) is 22.4 Å². The Morgan fingerprint density at radius 1 is 0.931 bits per heavy atom. The maximum atomic E-state index is 10.7. The second-order valence-corrected chi connectivity index (χ2v) is 6.75. The fraction of sp³-hybridized carbons (Fsp3) is 0.125. The second-order valence-electron chi connectivity index (χ2n) is 6.75. The number of hydrogen-bond donors (Lipinski definition) is 2. The Kier molecular flexibility index (Phi) is 5.20. The third kappa shape index (κ3) is 3.80. The third-order valence-electron chi connectivity index (χ3n) is 4.93. The lowest BCUT2D eigenvalue weighted by Gasteiger charge is -2.12. The zero-order valence-corrected chi connectivity index (χ0v) is 16.3. The maximum Gasteiger partial charge on any atom is 0.128 e. The van der Waals surface area contributed by atoms with Gasteiger partial charge in [-0.3, -0.25) is 5.10 Å². The van der Waals surface area contributed by atoms with E-state index in [0.29, 0.717) is 17.9 Å². The lowest BCUT2D eigenvalue weighted by molar-refractivity contribution is 0.303. The van der Waals surface area contributed by atoms with Gasteiger partial charge in [-0.2, -0.15) is 5.10 Å². The van der Waals surface area contributed by atoms with Crippen LogP contribution in [0.4, 0.5) is 0 Å². The molecular weight excluding hydrogens is 364 g/mol. The maximum absolute atomic E-state index is 10.7. The van der Waals surface area contributed by atoms with Gasteiger partial charge in [0.25, 0.3) is 0 Å². The molecule has 0 atom stereocenters. The fourth-order valence-corrected chi connectivity index (χ4v) is 3.31. The molecule has 0 unspecified atom stereocenters. The number of hydrogen-bond acceptors (Lipinski definition) is 4. The summed E-state index contributed by atoms with van der Waals surface area (Å²) in [4.78, 5) is 0. The van der Waals surface area contributed by atoms with Gasteiger partial charge in [-0.15, -0.1) is 0 Å². The summed E-state index contributed by atoms with van der Waals surface area (Å²) in [7, 11) is 1.64. The summed E-state index contributed by atoms with van der Waals surface area (Å²) in [6.45, 7) is 2.50. The van der Waals surface area contributed by atoms with Crippen LogP contribution in [0.2, 0.25) is 0 Å². The van der Waals surface area contributed by atoms with E-state index in [-0.39, 0.29) is 5.75 Å². The van der Waals surface area contributed by atoms with Gasteiger partial charge in [-0.05, 0) is 36.2 Å². The van der Waals surface area contributed by atoms with E-state index in [1.807, 2.05) is 54.6 Å². The molecule has 0 spiro atoms. The zero-order chi connectivity index (χ0) is 20.2. The first-order valence-corrected chi connectivity index (χ1v) is 9.35. The van der Waals surface area contributed by atoms with Crippen molar-refractivity contribution in [2.24, 2.45) is 0 Å². The van der Waals surface area contributed by atoms with Crippen molar-refractivity contribution >= 4 is 0 Å². The number of phenols is 1. The van der Waals surface area contributed by atoms with Gasteiger partial charge in [0.2, 0.25) is 0 Å². The van der Waals surface area contributed by atoms with Crippen molar-refractivity contribution in [3.05, 3.63) is 84.1 Å². The topological polar surface area (TPSA) is 67.4 Å². The zero-order valence-electron chi connectivity index (χ0n) is 16.3. The van der Waals surface area contributed by atoms with Gasteiger partial charge >= 0.3 is 0 Å². The number of rotatable bonds is 6. The number of H-pyrrole nitrogens is 1. The lowest BCUT2D eigenvalue weighted by atomic mass is 10.0. The molecule has 1 aromatic heterocycles. The normalized spacial score (nSPS) is 10.7. The number of phenolic OH excluding ortho intramolecular Hbond substituents is 1. The number of aryl methyl sites for hydroxylation is 1. The van der Waals surface area contributed by atoms with Gasteiger partial charge in [0.15, 0.2) is 0 Å². The van der Waals surface area contributed by atoms with Crippen LogP contribution in [0.3, 0.4) is 0 Å². The summed E-state index contributed by atoms with van der Waals surface area (Å²) in [5, 5.41) is 17.8. The highest BCUT2D eigenvalue weighted by Gasteiger charge is 2.16. The van der Waals surface area contributed by atoms with Crippen LogP contribution in [0.1, 0.15) is 11.1 Å². The molecule has 0 saturated heterocycles. The Hall–Kier alpha value is -3.73. The summed E-state index contributed by atoms with van der Waals surface area (Å²) in [5.41, 5.74) is 5.41. The monoisotopic (exact) mass is 386 g/mol. The number of aromatic amines is 1. The Bertz CT molecular complexity index is 1130. The summed E-state index contributed by atoms with van der Waals surface area (Å²) >= 11 is 0. The van der Waals surface area contributed by atoms with E-state index in [2.05, 4.69) is 23.2 Å². The lowest BCUT2D eigenvalue weighted by Crippen LogP contribution is -1.97. The standard InChI is InChI=1S/C24H22N2O3/c1-16-7-3-4-8-17(16)15-29-18-11-12-20(22(27)13-18)24-21(14-25-26-24)19-9-5-6-10-23(19)28-2/h3-14,27H,15H2,1-2H3,(H,25,26). The quantitative estimate of drug-likeness (QED) is 0.469. The number of methoxy groups -OCH3 is 1. The molecule has 0 fully saturated rings. The average Bonchev–Trinajstić information content (AvgIpc) is 3.22. The molecule has 0 amide bonds. The number of aromatic nitrogens is 2. The SMILES string of the molecule is COc1ccccc1-c1cn[nH]c1-c1ccc(OCc2ccccc2C)cc1O. The van der Waals surface area contributed by atoms with Gasteiger partial charge in [0.1, 0.15) is 23.9 Å². The minimum atomic E-state index is 0.118. The van der Waals surface area contributed by atoms with E-state index >= 15 is 0 Å². The molecule has 0 aliphatic rings. The smallest absolute Gasteiger partial charge is 0.128 e. The molecule has 29 heavy (non-hydrogen) atoms. The number of para-hydroxylation sites is 1. The molecule has 0 bridgehead atoms. The fourth-order valence-electron chi connectivity index (χ4n) is 3.31. The highest BCUT2D eigenvalue weighted by Crippen LogP contribution is 2.40. The molecule has 0 saturated carbocycles. The summed E-state index contributed by atoms with van der Waals surface area (Å²) in [6, 6.07) is 21.1. The second kappa shape index (κ2) is 8.10. The van der Waals surface area contributed by atoms with Crippen LogP contribution in [0.15, 0.2) is 72.9 Å². The summed E-state index contributed by atoms with van der Waals surface area (Å²) in [6.07, 6.45) is 1.73. The van der Waals surface area contributed by atoms with Crippen molar-refractivity contribution in [3.8, 4) is 39.6 Å². The predicted octanol–water partition coefficient (Wildman–Crippen LogP) is 5.35. The third-order valence-corrected chi connectivity index (χ3v) is 4.93. The van der Waals surface area contributed by atoms with E-state index in [1.54, 1.807) is 19.4 Å². The number of nitrogens with zero attached hydrogens (tertiary/aromatic N) is 1. The number of benzene rings is 3. The summed E-state index contributed by atoms with van der Waals surface area (Å²) < 4.78 is 11.3. The molecular formula is C24H22N2O3. The predicted molar refractivity (Wildman–Crippen MR) is 113 cm³/mol. The van der Waals surface area contributed by atoms with Crippen molar-refractivity contribution < 1.29 is 14.6 Å². The number of nitrogens with one attached hydrogen (secondary N) is 1. The highest BCUT2D eigenvalue weighted by molar-refractivity contribution is 5.85. The van der Waals surface area contributed by atoms with Crippen molar-refractivity contribution in [1.29, 1.82) is 0 Å². The van der Waals surface area contributed by atoms with Gasteiger partial charge < -0.3 is 14.6 Å². The first kappa shape index (κ1) is 18.6. The van der Waals surface area contributed by atoms with Crippen molar-refractivity contribution in [2.45, 2.75) is 13.5 Å². The van der Waals surface area contributed by atoms with E-state index in [9.17, 15) is 5.11 Å².